The Labute approximate surface area is 186 Å². The molecule has 2 aromatic heterocycles. The predicted molar refractivity (Wildman–Crippen MR) is 114 cm³/mol. The number of aromatic nitrogens is 3. The van der Waals surface area contributed by atoms with E-state index in [2.05, 4.69) is 15.4 Å². The minimum absolute atomic E-state index is 0.0164. The van der Waals surface area contributed by atoms with Gasteiger partial charge in [-0.05, 0) is 25.0 Å². The molecule has 1 aliphatic heterocycles. The van der Waals surface area contributed by atoms with Crippen LogP contribution in [-0.4, -0.2) is 39.5 Å². The first-order chi connectivity index (χ1) is 14.8. The van der Waals surface area contributed by atoms with Crippen LogP contribution in [0.3, 0.4) is 0 Å². The molecule has 0 aliphatic carbocycles. The molecule has 3 atom stereocenters. The molecule has 4 rings (SSSR count). The van der Waals surface area contributed by atoms with Crippen molar-refractivity contribution in [1.29, 1.82) is 0 Å². The smallest absolute Gasteiger partial charge is 0.275 e. The van der Waals surface area contributed by atoms with Crippen LogP contribution in [0, 0.1) is 5.82 Å². The van der Waals surface area contributed by atoms with Gasteiger partial charge in [0, 0.05) is 24.0 Å². The average molecular weight is 468 g/mol. The Balaban J connectivity index is 1.54. The van der Waals surface area contributed by atoms with Crippen LogP contribution in [0.5, 0.6) is 0 Å². The minimum Gasteiger partial charge on any atom is -0.369 e. The van der Waals surface area contributed by atoms with Crippen molar-refractivity contribution >= 4 is 34.5 Å². The van der Waals surface area contributed by atoms with Gasteiger partial charge in [0.05, 0.1) is 29.2 Å². The third-order valence-corrected chi connectivity index (χ3v) is 6.31. The number of thiazole rings is 1. The number of carbonyl (C=O) groups is 1. The van der Waals surface area contributed by atoms with E-state index in [4.69, 9.17) is 22.1 Å². The lowest BCUT2D eigenvalue weighted by molar-refractivity contribution is 0.0247. The number of carbonyl (C=O) groups excluding carboxylic acids is 1. The summed E-state index contributed by atoms with van der Waals surface area (Å²) in [6, 6.07) is 4.02. The number of alkyl halides is 1. The number of halogens is 3. The Morgan fingerprint density at radius 3 is 3.03 bits per heavy atom. The summed E-state index contributed by atoms with van der Waals surface area (Å²) >= 11 is 6.97. The van der Waals surface area contributed by atoms with Gasteiger partial charge in [0.25, 0.3) is 5.91 Å². The number of nitrogens with two attached hydrogens (primary N) is 1. The molecule has 3 N–H and O–H groups in total. The zero-order chi connectivity index (χ0) is 22.1. The molecule has 3 heterocycles. The van der Waals surface area contributed by atoms with Crippen LogP contribution in [0.4, 0.5) is 14.5 Å². The van der Waals surface area contributed by atoms with Gasteiger partial charge in [0.15, 0.2) is 5.82 Å². The van der Waals surface area contributed by atoms with Crippen molar-refractivity contribution < 1.29 is 18.3 Å². The van der Waals surface area contributed by atoms with Crippen molar-refractivity contribution in [2.75, 3.05) is 11.9 Å². The molecule has 1 aromatic carbocycles. The molecule has 164 valence electrons. The standard InChI is InChI=1S/C20H20ClF2N5O2S/c1-28-18(16-6-5-13(24)12(22)8-30-16)14(7-25-28)26-19(29)15-9-31-20(27-15)10-3-2-4-11(21)17(10)23/h2-4,7,9,12-13,16H,5-6,8,24H2,1H3,(H,26,29)/t12-,13?,16+/m1/s1. The van der Waals surface area contributed by atoms with Crippen molar-refractivity contribution in [3.63, 3.8) is 0 Å². The first kappa shape index (κ1) is 21.8. The highest BCUT2D eigenvalue weighted by Gasteiger charge is 2.30. The number of rotatable bonds is 4. The van der Waals surface area contributed by atoms with Gasteiger partial charge >= 0.3 is 0 Å². The summed E-state index contributed by atoms with van der Waals surface area (Å²) in [5.74, 6) is -1.07. The molecule has 0 bridgehead atoms. The number of nitrogens with one attached hydrogen (secondary N) is 1. The quantitative estimate of drug-likeness (QED) is 0.602. The highest BCUT2D eigenvalue weighted by Crippen LogP contribution is 2.33. The molecule has 0 spiro atoms. The zero-order valence-corrected chi connectivity index (χ0v) is 18.1. The highest BCUT2D eigenvalue weighted by molar-refractivity contribution is 7.13. The molecule has 1 amide bonds. The lowest BCUT2D eigenvalue weighted by Gasteiger charge is -2.17. The van der Waals surface area contributed by atoms with Crippen LogP contribution in [0.1, 0.15) is 35.1 Å². The Morgan fingerprint density at radius 1 is 1.42 bits per heavy atom. The van der Waals surface area contributed by atoms with Gasteiger partial charge in [-0.1, -0.05) is 17.7 Å². The van der Waals surface area contributed by atoms with Crippen LogP contribution >= 0.6 is 22.9 Å². The number of amides is 1. The molecule has 11 heteroatoms. The van der Waals surface area contributed by atoms with E-state index in [1.807, 2.05) is 0 Å². The molecule has 3 aromatic rings. The fraction of sp³-hybridized carbons (Fsp3) is 0.350. The van der Waals surface area contributed by atoms with Gasteiger partial charge in [-0.2, -0.15) is 5.10 Å². The largest absolute Gasteiger partial charge is 0.369 e. The first-order valence-corrected chi connectivity index (χ1v) is 10.8. The molecular weight excluding hydrogens is 448 g/mol. The van der Waals surface area contributed by atoms with Crippen LogP contribution in [0.25, 0.3) is 10.6 Å². The maximum absolute atomic E-state index is 14.3. The number of hydrogen-bond donors (Lipinski definition) is 2. The third-order valence-electron chi connectivity index (χ3n) is 5.14. The number of benzene rings is 1. The van der Waals surface area contributed by atoms with Crippen LogP contribution < -0.4 is 11.1 Å². The van der Waals surface area contributed by atoms with Crippen molar-refractivity contribution in [3.8, 4) is 10.6 Å². The third kappa shape index (κ3) is 4.47. The Kier molecular flexibility index (Phi) is 6.33. The molecule has 1 fully saturated rings. The summed E-state index contributed by atoms with van der Waals surface area (Å²) in [4.78, 5) is 17.0. The second-order valence-corrected chi connectivity index (χ2v) is 8.50. The van der Waals surface area contributed by atoms with Crippen molar-refractivity contribution in [2.45, 2.75) is 31.2 Å². The van der Waals surface area contributed by atoms with E-state index >= 15 is 0 Å². The van der Waals surface area contributed by atoms with Gasteiger partial charge in [-0.15, -0.1) is 11.3 Å². The Bertz CT molecular complexity index is 1090. The normalized spacial score (nSPS) is 21.6. The molecule has 1 aliphatic rings. The van der Waals surface area contributed by atoms with E-state index in [9.17, 15) is 13.6 Å². The summed E-state index contributed by atoms with van der Waals surface area (Å²) < 4.78 is 35.4. The zero-order valence-electron chi connectivity index (χ0n) is 16.5. The maximum atomic E-state index is 14.3. The number of hydrogen-bond acceptors (Lipinski definition) is 6. The van der Waals surface area contributed by atoms with E-state index in [1.54, 1.807) is 23.9 Å². The van der Waals surface area contributed by atoms with Crippen LogP contribution in [0.2, 0.25) is 5.02 Å². The number of aryl methyl sites for hydroxylation is 1. The van der Waals surface area contributed by atoms with E-state index in [1.165, 1.54) is 17.6 Å². The van der Waals surface area contributed by atoms with Crippen molar-refractivity contribution in [2.24, 2.45) is 12.8 Å². The fourth-order valence-corrected chi connectivity index (χ4v) is 4.43. The highest BCUT2D eigenvalue weighted by atomic mass is 35.5. The van der Waals surface area contributed by atoms with E-state index < -0.39 is 30.0 Å². The van der Waals surface area contributed by atoms with E-state index in [0.717, 1.165) is 11.3 Å². The molecule has 0 saturated carbocycles. The molecular formula is C20H20ClF2N5O2S. The summed E-state index contributed by atoms with van der Waals surface area (Å²) in [5, 5.41) is 8.83. The summed E-state index contributed by atoms with van der Waals surface area (Å²) in [5.41, 5.74) is 7.21. The van der Waals surface area contributed by atoms with Gasteiger partial charge in [-0.3, -0.25) is 9.48 Å². The summed E-state index contributed by atoms with van der Waals surface area (Å²) in [6.45, 7) is -0.120. The fourth-order valence-electron chi connectivity index (χ4n) is 3.44. The first-order valence-electron chi connectivity index (χ1n) is 9.59. The summed E-state index contributed by atoms with van der Waals surface area (Å²) in [7, 11) is 1.72. The Hall–Kier alpha value is -2.40. The van der Waals surface area contributed by atoms with Crippen molar-refractivity contribution in [3.05, 3.63) is 52.0 Å². The maximum Gasteiger partial charge on any atom is 0.275 e. The molecule has 1 saturated heterocycles. The lowest BCUT2D eigenvalue weighted by atomic mass is 10.0. The minimum atomic E-state index is -1.24. The Morgan fingerprint density at radius 2 is 2.23 bits per heavy atom. The van der Waals surface area contributed by atoms with Gasteiger partial charge in [-0.25, -0.2) is 13.8 Å². The number of nitrogens with zero attached hydrogens (tertiary/aromatic N) is 3. The molecule has 0 radical (unpaired) electrons. The van der Waals surface area contributed by atoms with E-state index in [-0.39, 0.29) is 22.9 Å². The predicted octanol–water partition coefficient (Wildman–Crippen LogP) is 4.11. The van der Waals surface area contributed by atoms with Gasteiger partial charge in [0.2, 0.25) is 0 Å². The second-order valence-electron chi connectivity index (χ2n) is 7.24. The number of ether oxygens (including phenoxy) is 1. The van der Waals surface area contributed by atoms with Crippen LogP contribution in [0.15, 0.2) is 29.8 Å². The topological polar surface area (TPSA) is 95.1 Å². The average Bonchev–Trinajstić information content (AvgIpc) is 3.33. The van der Waals surface area contributed by atoms with Gasteiger partial charge < -0.3 is 15.8 Å². The van der Waals surface area contributed by atoms with Gasteiger partial charge in [0.1, 0.15) is 23.0 Å². The van der Waals surface area contributed by atoms with E-state index in [0.29, 0.717) is 29.2 Å². The van der Waals surface area contributed by atoms with Crippen LogP contribution in [-0.2, 0) is 11.8 Å². The molecule has 31 heavy (non-hydrogen) atoms. The summed E-state index contributed by atoms with van der Waals surface area (Å²) in [6.07, 6.45) is 0.750. The number of anilines is 1. The lowest BCUT2D eigenvalue weighted by Crippen LogP contribution is -2.32. The molecule has 7 nitrogen and oxygen atoms in total. The molecule has 1 unspecified atom stereocenters. The second kappa shape index (κ2) is 8.99. The SMILES string of the molecule is Cn1ncc(NC(=O)c2csc(-c3cccc(Cl)c3F)n2)c1[C@@H]1CCC(N)[C@H](F)CO1. The monoisotopic (exact) mass is 467 g/mol. The van der Waals surface area contributed by atoms with Crippen molar-refractivity contribution in [1.82, 2.24) is 14.8 Å².